The van der Waals surface area contributed by atoms with E-state index < -0.39 is 0 Å². The van der Waals surface area contributed by atoms with Crippen molar-refractivity contribution in [3.05, 3.63) is 54.1 Å². The van der Waals surface area contributed by atoms with Crippen LogP contribution < -0.4 is 16.0 Å². The van der Waals surface area contributed by atoms with E-state index in [0.29, 0.717) is 16.9 Å². The van der Waals surface area contributed by atoms with E-state index in [-0.39, 0.29) is 23.2 Å². The van der Waals surface area contributed by atoms with Gasteiger partial charge in [-0.05, 0) is 68.1 Å². The highest BCUT2D eigenvalue weighted by Crippen LogP contribution is 2.23. The first-order valence-electron chi connectivity index (χ1n) is 8.72. The Morgan fingerprint density at radius 2 is 1.61 bits per heavy atom. The van der Waals surface area contributed by atoms with Crippen LogP contribution in [0.2, 0.25) is 0 Å². The van der Waals surface area contributed by atoms with Gasteiger partial charge in [-0.25, -0.2) is 4.79 Å². The Hall–Kier alpha value is -3.00. The van der Waals surface area contributed by atoms with E-state index in [4.69, 9.17) is 0 Å². The molecule has 0 aliphatic heterocycles. The molecule has 28 heavy (non-hydrogen) atoms. The SMILES string of the molecule is CC(C)NC(=O)Nc1cccc(C(=O)Nc2ccc(SC(=O)N(C)C)cc2)c1. The molecule has 0 aliphatic rings. The normalized spacial score (nSPS) is 10.3. The number of anilines is 2. The quantitative estimate of drug-likeness (QED) is 0.655. The van der Waals surface area contributed by atoms with Crippen molar-refractivity contribution in [2.24, 2.45) is 0 Å². The van der Waals surface area contributed by atoms with E-state index in [9.17, 15) is 14.4 Å². The number of nitrogens with one attached hydrogen (secondary N) is 3. The maximum Gasteiger partial charge on any atom is 0.319 e. The molecule has 2 aromatic carbocycles. The molecule has 8 heteroatoms. The van der Waals surface area contributed by atoms with Crippen molar-refractivity contribution in [1.29, 1.82) is 0 Å². The van der Waals surface area contributed by atoms with Gasteiger partial charge in [0.1, 0.15) is 0 Å². The molecule has 3 N–H and O–H groups in total. The molecule has 0 aliphatic carbocycles. The fourth-order valence-corrected chi connectivity index (χ4v) is 2.83. The Morgan fingerprint density at radius 1 is 0.929 bits per heavy atom. The van der Waals surface area contributed by atoms with Crippen LogP contribution in [-0.4, -0.2) is 42.2 Å². The summed E-state index contributed by atoms with van der Waals surface area (Å²) < 4.78 is 0. The molecule has 0 saturated carbocycles. The van der Waals surface area contributed by atoms with Gasteiger partial charge in [0, 0.05) is 42.0 Å². The summed E-state index contributed by atoms with van der Waals surface area (Å²) in [6.07, 6.45) is 0. The molecule has 0 atom stereocenters. The first-order chi connectivity index (χ1) is 13.2. The Balaban J connectivity index is 2.00. The molecule has 0 bridgehead atoms. The largest absolute Gasteiger partial charge is 0.339 e. The van der Waals surface area contributed by atoms with Gasteiger partial charge in [-0.2, -0.15) is 0 Å². The summed E-state index contributed by atoms with van der Waals surface area (Å²) in [5, 5.41) is 8.16. The summed E-state index contributed by atoms with van der Waals surface area (Å²) in [5.74, 6) is -0.294. The van der Waals surface area contributed by atoms with Crippen LogP contribution >= 0.6 is 11.8 Å². The Kier molecular flexibility index (Phi) is 7.45. The second-order valence-corrected chi connectivity index (χ2v) is 7.60. The molecular weight excluding hydrogens is 376 g/mol. The van der Waals surface area contributed by atoms with Gasteiger partial charge in [-0.3, -0.25) is 9.59 Å². The van der Waals surface area contributed by atoms with Gasteiger partial charge in [-0.15, -0.1) is 0 Å². The summed E-state index contributed by atoms with van der Waals surface area (Å²) in [7, 11) is 3.39. The number of hydrogen-bond acceptors (Lipinski definition) is 4. The van der Waals surface area contributed by atoms with Gasteiger partial charge < -0.3 is 20.9 Å². The predicted molar refractivity (Wildman–Crippen MR) is 113 cm³/mol. The minimum absolute atomic E-state index is 0.0145. The van der Waals surface area contributed by atoms with E-state index in [2.05, 4.69) is 16.0 Å². The highest BCUT2D eigenvalue weighted by atomic mass is 32.2. The Morgan fingerprint density at radius 3 is 2.21 bits per heavy atom. The molecule has 2 aromatic rings. The third-order valence-corrected chi connectivity index (χ3v) is 4.53. The van der Waals surface area contributed by atoms with Crippen LogP contribution in [-0.2, 0) is 0 Å². The topological polar surface area (TPSA) is 90.5 Å². The van der Waals surface area contributed by atoms with E-state index in [1.807, 2.05) is 13.8 Å². The van der Waals surface area contributed by atoms with Gasteiger partial charge in [-0.1, -0.05) is 6.07 Å². The number of nitrogens with zero attached hydrogens (tertiary/aromatic N) is 1. The average Bonchev–Trinajstić information content (AvgIpc) is 2.62. The van der Waals surface area contributed by atoms with Crippen LogP contribution in [0, 0.1) is 0 Å². The van der Waals surface area contributed by atoms with Crippen molar-refractivity contribution in [3.8, 4) is 0 Å². The van der Waals surface area contributed by atoms with E-state index >= 15 is 0 Å². The monoisotopic (exact) mass is 400 g/mol. The van der Waals surface area contributed by atoms with Crippen molar-refractivity contribution in [2.75, 3.05) is 24.7 Å². The number of hydrogen-bond donors (Lipinski definition) is 3. The van der Waals surface area contributed by atoms with Crippen LogP contribution in [0.15, 0.2) is 53.4 Å². The lowest BCUT2D eigenvalue weighted by atomic mass is 10.2. The average molecular weight is 401 g/mol. The summed E-state index contributed by atoms with van der Waals surface area (Å²) in [4.78, 5) is 38.3. The minimum atomic E-state index is -0.326. The maximum absolute atomic E-state index is 12.5. The zero-order chi connectivity index (χ0) is 20.7. The van der Waals surface area contributed by atoms with Crippen molar-refractivity contribution >= 4 is 40.3 Å². The standard InChI is InChI=1S/C20H24N4O3S/c1-13(2)21-19(26)23-16-7-5-6-14(12-16)18(25)22-15-8-10-17(11-9-15)28-20(27)24(3)4/h5-13H,1-4H3,(H,22,25)(H2,21,23,26). The molecule has 0 fully saturated rings. The number of rotatable bonds is 5. The van der Waals surface area contributed by atoms with Gasteiger partial charge in [0.25, 0.3) is 11.1 Å². The number of urea groups is 1. The fourth-order valence-electron chi connectivity index (χ4n) is 2.17. The van der Waals surface area contributed by atoms with Crippen molar-refractivity contribution in [2.45, 2.75) is 24.8 Å². The lowest BCUT2D eigenvalue weighted by Gasteiger charge is -2.11. The van der Waals surface area contributed by atoms with Crippen LogP contribution in [0.1, 0.15) is 24.2 Å². The highest BCUT2D eigenvalue weighted by Gasteiger charge is 2.10. The van der Waals surface area contributed by atoms with Crippen molar-refractivity contribution in [1.82, 2.24) is 10.2 Å². The van der Waals surface area contributed by atoms with E-state index in [1.165, 1.54) is 4.90 Å². The molecule has 0 saturated heterocycles. The highest BCUT2D eigenvalue weighted by molar-refractivity contribution is 8.13. The number of amides is 4. The maximum atomic E-state index is 12.5. The van der Waals surface area contributed by atoms with Crippen molar-refractivity contribution in [3.63, 3.8) is 0 Å². The second kappa shape index (κ2) is 9.80. The van der Waals surface area contributed by atoms with Gasteiger partial charge in [0.05, 0.1) is 0 Å². The zero-order valence-electron chi connectivity index (χ0n) is 16.3. The molecular formula is C20H24N4O3S. The van der Waals surface area contributed by atoms with E-state index in [0.717, 1.165) is 16.7 Å². The molecule has 2 rings (SSSR count). The molecule has 0 spiro atoms. The minimum Gasteiger partial charge on any atom is -0.339 e. The predicted octanol–water partition coefficient (Wildman–Crippen LogP) is 4.24. The number of carbonyl (C=O) groups is 3. The molecule has 0 radical (unpaired) electrons. The molecule has 0 heterocycles. The second-order valence-electron chi connectivity index (χ2n) is 6.57. The van der Waals surface area contributed by atoms with Crippen LogP contribution in [0.4, 0.5) is 21.0 Å². The summed E-state index contributed by atoms with van der Waals surface area (Å²) >= 11 is 1.12. The first-order valence-corrected chi connectivity index (χ1v) is 9.54. The first kappa shape index (κ1) is 21.3. The summed E-state index contributed by atoms with van der Waals surface area (Å²) in [6.45, 7) is 3.73. The zero-order valence-corrected chi connectivity index (χ0v) is 17.1. The molecule has 0 aromatic heterocycles. The van der Waals surface area contributed by atoms with Crippen molar-refractivity contribution < 1.29 is 14.4 Å². The third kappa shape index (κ3) is 6.62. The number of benzene rings is 2. The smallest absolute Gasteiger partial charge is 0.319 e. The van der Waals surface area contributed by atoms with Crippen LogP contribution in [0.3, 0.4) is 0 Å². The number of carbonyl (C=O) groups excluding carboxylic acids is 3. The molecule has 7 nitrogen and oxygen atoms in total. The van der Waals surface area contributed by atoms with Gasteiger partial charge in [0.15, 0.2) is 0 Å². The third-order valence-electron chi connectivity index (χ3n) is 3.48. The Labute approximate surface area is 168 Å². The lowest BCUT2D eigenvalue weighted by molar-refractivity contribution is 0.102. The number of thioether (sulfide) groups is 1. The van der Waals surface area contributed by atoms with E-state index in [1.54, 1.807) is 62.6 Å². The molecule has 0 unspecified atom stereocenters. The van der Waals surface area contributed by atoms with Gasteiger partial charge in [0.2, 0.25) is 0 Å². The van der Waals surface area contributed by atoms with Crippen LogP contribution in [0.25, 0.3) is 0 Å². The lowest BCUT2D eigenvalue weighted by Crippen LogP contribution is -2.34. The molecule has 4 amide bonds. The summed E-state index contributed by atoms with van der Waals surface area (Å²) in [6, 6.07) is 13.4. The Bertz CT molecular complexity index is 851. The molecule has 148 valence electrons. The van der Waals surface area contributed by atoms with Gasteiger partial charge >= 0.3 is 6.03 Å². The van der Waals surface area contributed by atoms with Crippen LogP contribution in [0.5, 0.6) is 0 Å². The summed E-state index contributed by atoms with van der Waals surface area (Å²) in [5.41, 5.74) is 1.56. The fraction of sp³-hybridized carbons (Fsp3) is 0.250.